The lowest BCUT2D eigenvalue weighted by Crippen LogP contribution is -2.14. The van der Waals surface area contributed by atoms with Gasteiger partial charge in [-0.2, -0.15) is 0 Å². The first-order valence-corrected chi connectivity index (χ1v) is 5.38. The van der Waals surface area contributed by atoms with Gasteiger partial charge in [0.2, 0.25) is 0 Å². The molecular formula is C13H20O2. The molecule has 0 saturated carbocycles. The molecule has 1 rings (SSSR count). The van der Waals surface area contributed by atoms with E-state index in [4.69, 9.17) is 9.78 Å². The monoisotopic (exact) mass is 208 g/mol. The number of rotatable bonds is 4. The summed E-state index contributed by atoms with van der Waals surface area (Å²) in [4.78, 5) is 10.0. The number of hydrogen-bond donors (Lipinski definition) is 0. The van der Waals surface area contributed by atoms with E-state index in [2.05, 4.69) is 39.0 Å². The van der Waals surface area contributed by atoms with Gasteiger partial charge in [-0.05, 0) is 23.5 Å². The zero-order valence-corrected chi connectivity index (χ0v) is 10.0. The molecule has 0 atom stereocenters. The molecule has 0 fully saturated rings. The van der Waals surface area contributed by atoms with Gasteiger partial charge < -0.3 is 0 Å². The van der Waals surface area contributed by atoms with Gasteiger partial charge >= 0.3 is 0 Å². The van der Waals surface area contributed by atoms with Crippen LogP contribution in [0.25, 0.3) is 0 Å². The first-order valence-electron chi connectivity index (χ1n) is 5.38. The topological polar surface area (TPSA) is 18.5 Å². The van der Waals surface area contributed by atoms with Crippen LogP contribution in [0.3, 0.4) is 0 Å². The normalized spacial score (nSPS) is 11.7. The van der Waals surface area contributed by atoms with E-state index in [1.807, 2.05) is 13.0 Å². The molecule has 0 amide bonds. The van der Waals surface area contributed by atoms with Crippen LogP contribution in [0.5, 0.6) is 0 Å². The minimum absolute atomic E-state index is 0.145. The Labute approximate surface area is 92.1 Å². The quantitative estimate of drug-likeness (QED) is 0.428. The Hall–Kier alpha value is -0.860. The van der Waals surface area contributed by atoms with E-state index in [0.717, 1.165) is 0 Å². The molecular weight excluding hydrogens is 188 g/mol. The van der Waals surface area contributed by atoms with Crippen LogP contribution in [0.15, 0.2) is 24.3 Å². The van der Waals surface area contributed by atoms with Crippen LogP contribution in [-0.2, 0) is 21.8 Å². The zero-order chi connectivity index (χ0) is 11.3. The van der Waals surface area contributed by atoms with Crippen LogP contribution >= 0.6 is 0 Å². The van der Waals surface area contributed by atoms with Gasteiger partial charge in [-0.3, -0.25) is 0 Å². The molecule has 0 radical (unpaired) electrons. The van der Waals surface area contributed by atoms with Gasteiger partial charge in [-0.25, -0.2) is 9.78 Å². The molecule has 0 saturated heterocycles. The van der Waals surface area contributed by atoms with Gasteiger partial charge in [-0.1, -0.05) is 45.0 Å². The van der Waals surface area contributed by atoms with E-state index in [9.17, 15) is 0 Å². The molecule has 0 spiro atoms. The van der Waals surface area contributed by atoms with Crippen molar-refractivity contribution in [2.45, 2.75) is 39.7 Å². The molecule has 0 aliphatic rings. The lowest BCUT2D eigenvalue weighted by Gasteiger charge is -2.22. The van der Waals surface area contributed by atoms with Gasteiger partial charge in [0.25, 0.3) is 0 Å². The third-order valence-corrected chi connectivity index (χ3v) is 2.24. The van der Waals surface area contributed by atoms with E-state index in [1.165, 1.54) is 11.1 Å². The smallest absolute Gasteiger partial charge is 0.108 e. The van der Waals surface area contributed by atoms with Crippen molar-refractivity contribution in [3.8, 4) is 0 Å². The minimum Gasteiger partial charge on any atom is -0.237 e. The highest BCUT2D eigenvalue weighted by atomic mass is 17.2. The molecule has 2 nitrogen and oxygen atoms in total. The van der Waals surface area contributed by atoms with Gasteiger partial charge in [-0.15, -0.1) is 0 Å². The van der Waals surface area contributed by atoms with E-state index in [1.54, 1.807) is 0 Å². The third-order valence-electron chi connectivity index (χ3n) is 2.24. The maximum absolute atomic E-state index is 5.10. The lowest BCUT2D eigenvalue weighted by atomic mass is 9.84. The third kappa shape index (κ3) is 3.65. The van der Waals surface area contributed by atoms with Crippen LogP contribution < -0.4 is 0 Å². The second kappa shape index (κ2) is 5.29. The van der Waals surface area contributed by atoms with Crippen molar-refractivity contribution in [1.82, 2.24) is 0 Å². The zero-order valence-electron chi connectivity index (χ0n) is 10.0. The SMILES string of the molecule is CCOOCc1ccccc1C(C)(C)C. The van der Waals surface area contributed by atoms with Crippen LogP contribution in [0, 0.1) is 0 Å². The van der Waals surface area contributed by atoms with E-state index in [0.29, 0.717) is 13.2 Å². The Balaban J connectivity index is 2.78. The largest absolute Gasteiger partial charge is 0.237 e. The van der Waals surface area contributed by atoms with Crippen molar-refractivity contribution in [3.05, 3.63) is 35.4 Å². The average molecular weight is 208 g/mol. The molecule has 15 heavy (non-hydrogen) atoms. The standard InChI is InChI=1S/C13H20O2/c1-5-14-15-10-11-8-6-7-9-12(11)13(2,3)4/h6-9H,5,10H2,1-4H3. The highest BCUT2D eigenvalue weighted by molar-refractivity contribution is 5.32. The molecule has 1 aromatic rings. The summed E-state index contributed by atoms with van der Waals surface area (Å²) in [5.41, 5.74) is 2.65. The van der Waals surface area contributed by atoms with Gasteiger partial charge in [0.15, 0.2) is 0 Å². The van der Waals surface area contributed by atoms with E-state index >= 15 is 0 Å². The Bertz CT molecular complexity index is 300. The van der Waals surface area contributed by atoms with Crippen molar-refractivity contribution >= 4 is 0 Å². The van der Waals surface area contributed by atoms with E-state index < -0.39 is 0 Å². The number of hydrogen-bond acceptors (Lipinski definition) is 2. The summed E-state index contributed by atoms with van der Waals surface area (Å²) in [6, 6.07) is 8.31. The lowest BCUT2D eigenvalue weighted by molar-refractivity contribution is -0.300. The van der Waals surface area contributed by atoms with Gasteiger partial charge in [0, 0.05) is 0 Å². The van der Waals surface area contributed by atoms with Crippen LogP contribution in [0.2, 0.25) is 0 Å². The summed E-state index contributed by atoms with van der Waals surface area (Å²) in [5.74, 6) is 0. The molecule has 0 aromatic heterocycles. The van der Waals surface area contributed by atoms with Crippen molar-refractivity contribution in [1.29, 1.82) is 0 Å². The molecule has 0 unspecified atom stereocenters. The summed E-state index contributed by atoms with van der Waals surface area (Å²) in [6.45, 7) is 9.61. The highest BCUT2D eigenvalue weighted by Crippen LogP contribution is 2.26. The maximum atomic E-state index is 5.10. The summed E-state index contributed by atoms with van der Waals surface area (Å²) >= 11 is 0. The van der Waals surface area contributed by atoms with Crippen molar-refractivity contribution < 1.29 is 9.78 Å². The van der Waals surface area contributed by atoms with Gasteiger partial charge in [0.1, 0.15) is 6.61 Å². The molecule has 84 valence electrons. The fourth-order valence-corrected chi connectivity index (χ4v) is 1.57. The Morgan fingerprint density at radius 3 is 2.33 bits per heavy atom. The first-order chi connectivity index (χ1) is 7.05. The van der Waals surface area contributed by atoms with Crippen molar-refractivity contribution in [2.75, 3.05) is 6.61 Å². The second-order valence-corrected chi connectivity index (χ2v) is 4.58. The average Bonchev–Trinajstić information content (AvgIpc) is 2.17. The fourth-order valence-electron chi connectivity index (χ4n) is 1.57. The van der Waals surface area contributed by atoms with Crippen LogP contribution in [-0.4, -0.2) is 6.61 Å². The molecule has 0 aliphatic heterocycles. The van der Waals surface area contributed by atoms with Gasteiger partial charge in [0.05, 0.1) is 6.61 Å². The summed E-state index contributed by atoms with van der Waals surface area (Å²) in [7, 11) is 0. The molecule has 2 heteroatoms. The Morgan fingerprint density at radius 1 is 1.07 bits per heavy atom. The molecule has 0 aliphatic carbocycles. The number of benzene rings is 1. The molecule has 0 heterocycles. The van der Waals surface area contributed by atoms with Crippen molar-refractivity contribution in [2.24, 2.45) is 0 Å². The minimum atomic E-state index is 0.145. The Morgan fingerprint density at radius 2 is 1.73 bits per heavy atom. The first kappa shape index (κ1) is 12.2. The molecule has 1 aromatic carbocycles. The van der Waals surface area contributed by atoms with E-state index in [-0.39, 0.29) is 5.41 Å². The molecule has 0 bridgehead atoms. The van der Waals surface area contributed by atoms with Crippen LogP contribution in [0.4, 0.5) is 0 Å². The van der Waals surface area contributed by atoms with Crippen LogP contribution in [0.1, 0.15) is 38.8 Å². The predicted molar refractivity (Wildman–Crippen MR) is 61.6 cm³/mol. The summed E-state index contributed by atoms with van der Waals surface area (Å²) < 4.78 is 0. The fraction of sp³-hybridized carbons (Fsp3) is 0.538. The summed E-state index contributed by atoms with van der Waals surface area (Å²) in [5, 5.41) is 0. The summed E-state index contributed by atoms with van der Waals surface area (Å²) in [6.07, 6.45) is 0. The predicted octanol–water partition coefficient (Wildman–Crippen LogP) is 3.45. The highest BCUT2D eigenvalue weighted by Gasteiger charge is 2.17. The molecule has 0 N–H and O–H groups in total. The second-order valence-electron chi connectivity index (χ2n) is 4.58. The maximum Gasteiger partial charge on any atom is 0.108 e. The van der Waals surface area contributed by atoms with Crippen molar-refractivity contribution in [3.63, 3.8) is 0 Å². The Kier molecular flexibility index (Phi) is 4.30.